The summed E-state index contributed by atoms with van der Waals surface area (Å²) in [5.41, 5.74) is 2.22. The lowest BCUT2D eigenvalue weighted by molar-refractivity contribution is -0.0380. The van der Waals surface area contributed by atoms with E-state index in [9.17, 15) is 0 Å². The predicted octanol–water partition coefficient (Wildman–Crippen LogP) is 3.22. The number of aryl methyl sites for hydroxylation is 2. The molecule has 1 aromatic heterocycles. The Kier molecular flexibility index (Phi) is 5.42. The largest absolute Gasteiger partial charge is 0.381 e. The molecule has 0 spiro atoms. The van der Waals surface area contributed by atoms with Crippen molar-refractivity contribution in [2.24, 2.45) is 7.05 Å². The van der Waals surface area contributed by atoms with Gasteiger partial charge < -0.3 is 9.47 Å². The molecule has 0 saturated heterocycles. The molecule has 1 aliphatic rings. The van der Waals surface area contributed by atoms with E-state index in [0.717, 1.165) is 41.5 Å². The summed E-state index contributed by atoms with van der Waals surface area (Å²) in [6, 6.07) is 0. The number of methoxy groups -OCH3 is 1. The van der Waals surface area contributed by atoms with Crippen molar-refractivity contribution in [1.29, 1.82) is 0 Å². The quantitative estimate of drug-likeness (QED) is 0.831. The summed E-state index contributed by atoms with van der Waals surface area (Å²) in [5, 5.41) is 4.49. The van der Waals surface area contributed by atoms with E-state index >= 15 is 0 Å². The van der Waals surface area contributed by atoms with E-state index in [-0.39, 0.29) is 0 Å². The summed E-state index contributed by atoms with van der Waals surface area (Å²) in [6.07, 6.45) is 6.10. The molecule has 5 heteroatoms. The Bertz CT molecular complexity index is 420. The molecule has 2 rings (SSSR count). The normalized spacial score (nSPS) is 23.8. The van der Waals surface area contributed by atoms with E-state index in [0.29, 0.717) is 18.8 Å². The maximum atomic E-state index is 6.05. The first-order valence-corrected chi connectivity index (χ1v) is 7.79. The molecule has 0 bridgehead atoms. The highest BCUT2D eigenvalue weighted by atomic mass is 79.9. The Morgan fingerprint density at radius 3 is 2.74 bits per heavy atom. The second kappa shape index (κ2) is 6.86. The van der Waals surface area contributed by atoms with Gasteiger partial charge in [-0.3, -0.25) is 4.68 Å². The molecule has 1 aromatic rings. The van der Waals surface area contributed by atoms with Crippen LogP contribution in [-0.2, 0) is 29.5 Å². The standard InChI is InChI=1S/C14H23BrN2O2/c1-4-12-14(15)13(17(2)16-12)9-19-11-7-5-6-10(8-11)18-3/h10-11H,4-9H2,1-3H3. The molecule has 0 aromatic carbocycles. The maximum Gasteiger partial charge on any atom is 0.0900 e. The number of ether oxygens (including phenoxy) is 2. The minimum atomic E-state index is 0.311. The lowest BCUT2D eigenvalue weighted by atomic mass is 9.95. The third-order valence-corrected chi connectivity index (χ3v) is 4.79. The van der Waals surface area contributed by atoms with Crippen LogP contribution in [0.15, 0.2) is 4.47 Å². The molecule has 2 unspecified atom stereocenters. The predicted molar refractivity (Wildman–Crippen MR) is 78.1 cm³/mol. The van der Waals surface area contributed by atoms with Gasteiger partial charge in [0.2, 0.25) is 0 Å². The molecule has 2 atom stereocenters. The molecule has 1 saturated carbocycles. The number of nitrogens with zero attached hydrogens (tertiary/aromatic N) is 2. The summed E-state index contributed by atoms with van der Waals surface area (Å²) in [4.78, 5) is 0. The van der Waals surface area contributed by atoms with Gasteiger partial charge in [-0.25, -0.2) is 0 Å². The first-order chi connectivity index (χ1) is 9.15. The van der Waals surface area contributed by atoms with Gasteiger partial charge in [0.05, 0.1) is 34.7 Å². The highest BCUT2D eigenvalue weighted by molar-refractivity contribution is 9.10. The minimum absolute atomic E-state index is 0.311. The molecular formula is C14H23BrN2O2. The SMILES string of the molecule is CCc1nn(C)c(COC2CCCC(OC)C2)c1Br. The smallest absolute Gasteiger partial charge is 0.0900 e. The second-order valence-corrected chi connectivity index (χ2v) is 5.93. The molecule has 0 N–H and O–H groups in total. The number of rotatable bonds is 5. The first kappa shape index (κ1) is 15.0. The Balaban J connectivity index is 1.93. The third kappa shape index (κ3) is 3.58. The lowest BCUT2D eigenvalue weighted by Gasteiger charge is -2.28. The van der Waals surface area contributed by atoms with E-state index in [1.807, 2.05) is 11.7 Å². The molecule has 0 radical (unpaired) electrons. The van der Waals surface area contributed by atoms with Gasteiger partial charge in [-0.15, -0.1) is 0 Å². The molecular weight excluding hydrogens is 308 g/mol. The van der Waals surface area contributed by atoms with Crippen molar-refractivity contribution in [1.82, 2.24) is 9.78 Å². The zero-order valence-electron chi connectivity index (χ0n) is 12.0. The molecule has 0 amide bonds. The average molecular weight is 331 g/mol. The first-order valence-electron chi connectivity index (χ1n) is 7.00. The van der Waals surface area contributed by atoms with E-state index in [1.54, 1.807) is 7.11 Å². The van der Waals surface area contributed by atoms with Gasteiger partial charge >= 0.3 is 0 Å². The van der Waals surface area contributed by atoms with E-state index in [2.05, 4.69) is 28.0 Å². The van der Waals surface area contributed by atoms with Crippen LogP contribution in [0.4, 0.5) is 0 Å². The van der Waals surface area contributed by atoms with Crippen molar-refractivity contribution in [2.75, 3.05) is 7.11 Å². The van der Waals surface area contributed by atoms with Crippen molar-refractivity contribution in [2.45, 2.75) is 57.8 Å². The summed E-state index contributed by atoms with van der Waals surface area (Å²) in [6.45, 7) is 2.73. The number of hydrogen-bond donors (Lipinski definition) is 0. The Labute approximate surface area is 123 Å². The van der Waals surface area contributed by atoms with Crippen LogP contribution in [0, 0.1) is 0 Å². The second-order valence-electron chi connectivity index (χ2n) is 5.14. The van der Waals surface area contributed by atoms with E-state index in [4.69, 9.17) is 9.47 Å². The van der Waals surface area contributed by atoms with Crippen molar-refractivity contribution in [3.63, 3.8) is 0 Å². The summed E-state index contributed by atoms with van der Waals surface area (Å²) < 4.78 is 14.5. The Hall–Kier alpha value is -0.390. The number of hydrogen-bond acceptors (Lipinski definition) is 3. The molecule has 0 aliphatic heterocycles. The van der Waals surface area contributed by atoms with Crippen LogP contribution in [0.3, 0.4) is 0 Å². The van der Waals surface area contributed by atoms with Crippen molar-refractivity contribution in [3.05, 3.63) is 15.9 Å². The molecule has 1 aliphatic carbocycles. The van der Waals surface area contributed by atoms with Crippen molar-refractivity contribution >= 4 is 15.9 Å². The highest BCUT2D eigenvalue weighted by Gasteiger charge is 2.23. The van der Waals surface area contributed by atoms with Crippen LogP contribution < -0.4 is 0 Å². The van der Waals surface area contributed by atoms with Crippen LogP contribution in [0.5, 0.6) is 0 Å². The Morgan fingerprint density at radius 2 is 2.11 bits per heavy atom. The fourth-order valence-corrected chi connectivity index (χ4v) is 3.37. The van der Waals surface area contributed by atoms with E-state index in [1.165, 1.54) is 6.42 Å². The van der Waals surface area contributed by atoms with Crippen LogP contribution in [-0.4, -0.2) is 29.1 Å². The molecule has 1 heterocycles. The molecule has 108 valence electrons. The van der Waals surface area contributed by atoms with Gasteiger partial charge in [-0.05, 0) is 48.0 Å². The zero-order chi connectivity index (χ0) is 13.8. The summed E-state index contributed by atoms with van der Waals surface area (Å²) >= 11 is 3.62. The molecule has 1 fully saturated rings. The van der Waals surface area contributed by atoms with Gasteiger partial charge in [0, 0.05) is 14.2 Å². The van der Waals surface area contributed by atoms with Crippen LogP contribution in [0.25, 0.3) is 0 Å². The van der Waals surface area contributed by atoms with Gasteiger partial charge in [0.1, 0.15) is 0 Å². The third-order valence-electron chi connectivity index (χ3n) is 3.87. The van der Waals surface area contributed by atoms with Gasteiger partial charge in [0.25, 0.3) is 0 Å². The number of aromatic nitrogens is 2. The van der Waals surface area contributed by atoms with Crippen LogP contribution in [0.2, 0.25) is 0 Å². The minimum Gasteiger partial charge on any atom is -0.381 e. The molecule has 4 nitrogen and oxygen atoms in total. The van der Waals surface area contributed by atoms with Crippen molar-refractivity contribution < 1.29 is 9.47 Å². The monoisotopic (exact) mass is 330 g/mol. The van der Waals surface area contributed by atoms with Gasteiger partial charge in [0.15, 0.2) is 0 Å². The summed E-state index contributed by atoms with van der Waals surface area (Å²) in [5.74, 6) is 0. The van der Waals surface area contributed by atoms with Crippen molar-refractivity contribution in [3.8, 4) is 0 Å². The average Bonchev–Trinajstić information content (AvgIpc) is 2.71. The van der Waals surface area contributed by atoms with Gasteiger partial charge in [-0.2, -0.15) is 5.10 Å². The lowest BCUT2D eigenvalue weighted by Crippen LogP contribution is -2.27. The zero-order valence-corrected chi connectivity index (χ0v) is 13.6. The van der Waals surface area contributed by atoms with Gasteiger partial charge in [-0.1, -0.05) is 6.92 Å². The maximum absolute atomic E-state index is 6.05. The van der Waals surface area contributed by atoms with E-state index < -0.39 is 0 Å². The summed E-state index contributed by atoms with van der Waals surface area (Å²) in [7, 11) is 3.76. The highest BCUT2D eigenvalue weighted by Crippen LogP contribution is 2.26. The Morgan fingerprint density at radius 1 is 1.37 bits per heavy atom. The van der Waals surface area contributed by atoms with Crippen LogP contribution in [0.1, 0.15) is 44.0 Å². The molecule has 19 heavy (non-hydrogen) atoms. The fourth-order valence-electron chi connectivity index (χ4n) is 2.64. The topological polar surface area (TPSA) is 36.3 Å². The number of halogens is 1. The van der Waals surface area contributed by atoms with Crippen LogP contribution >= 0.6 is 15.9 Å². The fraction of sp³-hybridized carbons (Fsp3) is 0.786.